The number of hydrogen-bond donors (Lipinski definition) is 3. The molecule has 10 aromatic carbocycles. The fourth-order valence-corrected chi connectivity index (χ4v) is 16.0. The molecule has 5 fully saturated rings. The number of amides is 2. The van der Waals surface area contributed by atoms with Crippen LogP contribution < -0.4 is 16.4 Å². The topological polar surface area (TPSA) is 260 Å². The number of benzene rings is 10. The van der Waals surface area contributed by atoms with Gasteiger partial charge >= 0.3 is 0 Å². The van der Waals surface area contributed by atoms with Gasteiger partial charge in [0.25, 0.3) is 0 Å². The summed E-state index contributed by atoms with van der Waals surface area (Å²) in [6.45, 7) is 3.99. The molecule has 21 atom stereocenters. The molecule has 5 aliphatic heterocycles. The summed E-state index contributed by atoms with van der Waals surface area (Å²) in [7, 11) is 0. The van der Waals surface area contributed by atoms with E-state index < -0.39 is 147 Å². The Morgan fingerprint density at radius 3 is 1.10 bits per heavy atom. The number of nitrogens with two attached hydrogens (primary N) is 1. The molecule has 0 aromatic heterocycles. The van der Waals surface area contributed by atoms with Crippen LogP contribution in [0.5, 0.6) is 0 Å². The molecule has 24 heteroatoms. The molecule has 5 saturated heterocycles. The Balaban J connectivity index is 0.880. The standard InChI is InChI=1S/C100H111N3O21/c1-68-85(108-57-72-37-17-5-18-38-72)90(111-60-75-43-23-8-24-44-75)93(113-62-77-47-27-10-28-48-77)99(117-68)124-95-91(112-61-76-45-25-9-26-46-76)86(109-58-73-39-19-6-20-40-73)80(64-106-55-70-33-13-3-14-34-70)120-100(95)122-89-84(103-69(2)104)97(118-82-66-115-96(121-88(82)89)79-51-31-12-32-52-79)123-92-87(110-59-74-41-21-7-22-42-74)81(65-107-56-71-35-15-4-16-36-71)119-98(116-67-83(105)102-54-53-101)94(92)114-63-78-49-29-11-30-50-78/h3-52,68,80-82,84-100H,53-67,101H2,1-2H3,(H,102,105)(H,103,104)/t68-,80+,81+,82+,84+,85+,86-,87-,88-,89+,90+,91-,92-,93-,94+,95+,96?,97-,98-,99-,100-/m0/s1. The number of carbonyl (C=O) groups is 2. The number of nitrogens with one attached hydrogen (secondary N) is 2. The molecule has 0 bridgehead atoms. The van der Waals surface area contributed by atoms with E-state index in [-0.39, 0.29) is 92.4 Å². The van der Waals surface area contributed by atoms with Crippen molar-refractivity contribution in [2.75, 3.05) is 39.5 Å². The summed E-state index contributed by atoms with van der Waals surface area (Å²) in [5, 5.41) is 6.11. The highest BCUT2D eigenvalue weighted by molar-refractivity contribution is 5.77. The average Bonchev–Trinajstić information content (AvgIpc) is 0.770. The van der Waals surface area contributed by atoms with Crippen molar-refractivity contribution in [3.8, 4) is 0 Å². The Morgan fingerprint density at radius 1 is 0.347 bits per heavy atom. The fourth-order valence-electron chi connectivity index (χ4n) is 16.0. The van der Waals surface area contributed by atoms with Gasteiger partial charge in [0.2, 0.25) is 11.8 Å². The van der Waals surface area contributed by atoms with Crippen molar-refractivity contribution in [2.45, 2.75) is 202 Å². The van der Waals surface area contributed by atoms with E-state index in [1.54, 1.807) is 0 Å². The van der Waals surface area contributed by atoms with Crippen molar-refractivity contribution in [2.24, 2.45) is 5.73 Å². The minimum atomic E-state index is -1.57. The van der Waals surface area contributed by atoms with E-state index in [9.17, 15) is 9.59 Å². The Bertz CT molecular complexity index is 4720. The van der Waals surface area contributed by atoms with Crippen LogP contribution in [0.2, 0.25) is 0 Å². The molecule has 24 nitrogen and oxygen atoms in total. The number of ether oxygens (including phenoxy) is 19. The summed E-state index contributed by atoms with van der Waals surface area (Å²) >= 11 is 0. The number of hydrogen-bond acceptors (Lipinski definition) is 22. The number of rotatable bonds is 42. The van der Waals surface area contributed by atoms with Gasteiger partial charge in [-0.1, -0.05) is 303 Å². The van der Waals surface area contributed by atoms with Crippen LogP contribution in [0, 0.1) is 0 Å². The third kappa shape index (κ3) is 25.1. The molecule has 2 amide bonds. The average molecular weight is 1690 g/mol. The smallest absolute Gasteiger partial charge is 0.246 e. The number of carbonyl (C=O) groups excluding carboxylic acids is 2. The molecule has 652 valence electrons. The van der Waals surface area contributed by atoms with Gasteiger partial charge in [0.1, 0.15) is 98.1 Å². The fraction of sp³-hybridized carbons (Fsp3) is 0.380. The van der Waals surface area contributed by atoms with Crippen molar-refractivity contribution in [1.82, 2.24) is 10.6 Å². The Hall–Kier alpha value is -9.66. The lowest BCUT2D eigenvalue weighted by Crippen LogP contribution is -2.71. The maximum atomic E-state index is 14.9. The van der Waals surface area contributed by atoms with Gasteiger partial charge in [-0.25, -0.2) is 0 Å². The van der Waals surface area contributed by atoms with Gasteiger partial charge < -0.3 is 106 Å². The minimum Gasteiger partial charge on any atom is -0.374 e. The molecule has 5 aliphatic rings. The van der Waals surface area contributed by atoms with Crippen molar-refractivity contribution in [3.63, 3.8) is 0 Å². The Kier molecular flexibility index (Phi) is 33.5. The summed E-state index contributed by atoms with van der Waals surface area (Å²) in [4.78, 5) is 28.7. The van der Waals surface area contributed by atoms with Crippen molar-refractivity contribution in [3.05, 3.63) is 359 Å². The van der Waals surface area contributed by atoms with Gasteiger partial charge in [0.15, 0.2) is 31.5 Å². The highest BCUT2D eigenvalue weighted by atomic mass is 16.8. The maximum absolute atomic E-state index is 14.9. The molecule has 4 N–H and O–H groups in total. The SMILES string of the molecule is CC(=O)N[C@H]1[C@H](O[C@H]2[C@@H](OCc3ccccc3)[C@@H](COCc3ccccc3)O[C@H](OCC(=O)NCCN)[C@@H]2OCc2ccccc2)O[C@@H]2COC(c3ccccc3)O[C@@H]2[C@@H]1O[C@@H]1O[C@H](COCc2ccccc2)[C@H](OCc2ccccc2)[C@H](OCc2ccccc2)[C@H]1O[C@@H]1O[C@@H](C)[C@@H](OCc2ccccc2)[C@@H](OCc2ccccc2)[C@@H]1OCc1ccccc1. The lowest BCUT2D eigenvalue weighted by molar-refractivity contribution is -0.410. The van der Waals surface area contributed by atoms with Gasteiger partial charge in [0, 0.05) is 25.6 Å². The summed E-state index contributed by atoms with van der Waals surface area (Å²) in [6.07, 6.45) is -23.1. The minimum absolute atomic E-state index is 0.00270. The van der Waals surface area contributed by atoms with Crippen molar-refractivity contribution < 1.29 is 99.6 Å². The summed E-state index contributed by atoms with van der Waals surface area (Å²) < 4.78 is 138. The summed E-state index contributed by atoms with van der Waals surface area (Å²) in [6, 6.07) is 96.5. The van der Waals surface area contributed by atoms with Crippen LogP contribution in [0.4, 0.5) is 0 Å². The zero-order valence-corrected chi connectivity index (χ0v) is 69.7. The lowest BCUT2D eigenvalue weighted by Gasteiger charge is -2.54. The second-order valence-corrected chi connectivity index (χ2v) is 31.3. The lowest BCUT2D eigenvalue weighted by atomic mass is 9.93. The van der Waals surface area contributed by atoms with E-state index in [1.807, 2.05) is 310 Å². The molecule has 124 heavy (non-hydrogen) atoms. The highest BCUT2D eigenvalue weighted by Gasteiger charge is 2.60. The van der Waals surface area contributed by atoms with Crippen LogP contribution in [0.3, 0.4) is 0 Å². The van der Waals surface area contributed by atoms with E-state index in [4.69, 9.17) is 95.7 Å². The van der Waals surface area contributed by atoms with E-state index >= 15 is 0 Å². The molecular weight excluding hydrogens is 1580 g/mol. The van der Waals surface area contributed by atoms with Gasteiger partial charge in [0.05, 0.1) is 85.4 Å². The predicted octanol–water partition coefficient (Wildman–Crippen LogP) is 13.3. The highest BCUT2D eigenvalue weighted by Crippen LogP contribution is 2.43. The first kappa shape index (κ1) is 89.2. The molecule has 1 unspecified atom stereocenters. The second-order valence-electron chi connectivity index (χ2n) is 31.3. The van der Waals surface area contributed by atoms with E-state index in [0.29, 0.717) is 5.56 Å². The first-order valence-corrected chi connectivity index (χ1v) is 42.7. The number of fused-ring (bicyclic) bond motifs is 1. The molecule has 0 spiro atoms. The first-order chi connectivity index (χ1) is 61.1. The third-order valence-electron chi connectivity index (χ3n) is 22.2. The quantitative estimate of drug-likeness (QED) is 0.0321. The first-order valence-electron chi connectivity index (χ1n) is 42.7. The van der Waals surface area contributed by atoms with E-state index in [0.717, 1.165) is 50.1 Å². The van der Waals surface area contributed by atoms with Crippen molar-refractivity contribution >= 4 is 11.8 Å². The summed E-state index contributed by atoms with van der Waals surface area (Å²) in [5.41, 5.74) is 14.5. The van der Waals surface area contributed by atoms with E-state index in [2.05, 4.69) is 10.6 Å². The van der Waals surface area contributed by atoms with Crippen LogP contribution in [-0.2, 0) is 159 Å². The molecular formula is C100H111N3O21. The monoisotopic (exact) mass is 1690 g/mol. The normalized spacial score (nSPS) is 27.5. The second kappa shape index (κ2) is 46.5. The largest absolute Gasteiger partial charge is 0.374 e. The maximum Gasteiger partial charge on any atom is 0.246 e. The molecule has 15 rings (SSSR count). The zero-order chi connectivity index (χ0) is 84.9. The van der Waals surface area contributed by atoms with Crippen LogP contribution in [0.15, 0.2) is 303 Å². The van der Waals surface area contributed by atoms with Gasteiger partial charge in [-0.15, -0.1) is 0 Å². The van der Waals surface area contributed by atoms with Gasteiger partial charge in [-0.05, 0) is 57.0 Å². The zero-order valence-electron chi connectivity index (χ0n) is 69.7. The van der Waals surface area contributed by atoms with Gasteiger partial charge in [-0.2, -0.15) is 0 Å². The Morgan fingerprint density at radius 2 is 0.685 bits per heavy atom. The molecule has 10 aromatic rings. The van der Waals surface area contributed by atoms with Crippen LogP contribution in [0.1, 0.15) is 75.8 Å². The third-order valence-corrected chi connectivity index (χ3v) is 22.2. The molecule has 0 aliphatic carbocycles. The van der Waals surface area contributed by atoms with Crippen LogP contribution >= 0.6 is 0 Å². The van der Waals surface area contributed by atoms with E-state index in [1.165, 1.54) is 6.92 Å². The van der Waals surface area contributed by atoms with Crippen LogP contribution in [0.25, 0.3) is 0 Å². The predicted molar refractivity (Wildman–Crippen MR) is 458 cm³/mol. The van der Waals surface area contributed by atoms with Crippen LogP contribution in [-0.4, -0.2) is 174 Å². The van der Waals surface area contributed by atoms with Gasteiger partial charge in [-0.3, -0.25) is 9.59 Å². The molecule has 0 radical (unpaired) electrons. The summed E-state index contributed by atoms with van der Waals surface area (Å²) in [5.74, 6) is -0.965. The molecule has 0 saturated carbocycles. The molecule has 5 heterocycles. The van der Waals surface area contributed by atoms with Crippen molar-refractivity contribution in [1.29, 1.82) is 0 Å². The Labute approximate surface area is 724 Å².